The predicted molar refractivity (Wildman–Crippen MR) is 67.0 cm³/mol. The number of rotatable bonds is 2. The molecule has 5 nitrogen and oxygen atoms in total. The van der Waals surface area contributed by atoms with Crippen molar-refractivity contribution in [3.05, 3.63) is 29.6 Å². The van der Waals surface area contributed by atoms with E-state index in [0.717, 1.165) is 0 Å². The highest BCUT2D eigenvalue weighted by Crippen LogP contribution is 2.30. The number of carbonyl (C=O) groups is 2. The van der Waals surface area contributed by atoms with Gasteiger partial charge >= 0.3 is 0 Å². The highest BCUT2D eigenvalue weighted by Gasteiger charge is 2.32. The molecule has 1 fully saturated rings. The van der Waals surface area contributed by atoms with Crippen LogP contribution in [0.1, 0.15) is 25.5 Å². The van der Waals surface area contributed by atoms with Gasteiger partial charge in [-0.3, -0.25) is 14.9 Å². The van der Waals surface area contributed by atoms with Crippen LogP contribution >= 0.6 is 0 Å². The fourth-order valence-electron chi connectivity index (χ4n) is 2.20. The van der Waals surface area contributed by atoms with E-state index in [1.54, 1.807) is 13.0 Å². The second kappa shape index (κ2) is 4.97. The molecule has 19 heavy (non-hydrogen) atoms. The minimum atomic E-state index is -1.02. The molecule has 1 aliphatic rings. The maximum atomic E-state index is 13.8. The van der Waals surface area contributed by atoms with Crippen LogP contribution in [0.2, 0.25) is 0 Å². The molecule has 0 spiro atoms. The summed E-state index contributed by atoms with van der Waals surface area (Å²) < 4.78 is 13.8. The van der Waals surface area contributed by atoms with Crippen LogP contribution < -0.4 is 10.2 Å². The van der Waals surface area contributed by atoms with E-state index in [1.807, 2.05) is 0 Å². The number of anilines is 1. The van der Waals surface area contributed by atoms with Crippen LogP contribution in [-0.4, -0.2) is 29.5 Å². The smallest absolute Gasteiger partial charge is 0.249 e. The van der Waals surface area contributed by atoms with Gasteiger partial charge in [-0.1, -0.05) is 6.07 Å². The van der Waals surface area contributed by atoms with Gasteiger partial charge in [-0.05, 0) is 26.0 Å². The van der Waals surface area contributed by atoms with Gasteiger partial charge in [0.1, 0.15) is 11.9 Å². The lowest BCUT2D eigenvalue weighted by Gasteiger charge is -2.35. The standard InChI is InChI=1S/C13H15FN2O3/c1-7-13(19)15-11(18)6-16(7)10-5-3-4-9(14)12(10)8(2)17/h3-5,7-8,17H,6H2,1-2H3,(H,15,18,19)/t7?,8-/m1/s1. The summed E-state index contributed by atoms with van der Waals surface area (Å²) in [5, 5.41) is 11.9. The molecule has 0 aromatic heterocycles. The van der Waals surface area contributed by atoms with E-state index < -0.39 is 29.8 Å². The van der Waals surface area contributed by atoms with Crippen molar-refractivity contribution in [1.29, 1.82) is 0 Å². The first-order valence-corrected chi connectivity index (χ1v) is 5.98. The Balaban J connectivity index is 2.49. The fraction of sp³-hybridized carbons (Fsp3) is 0.385. The third kappa shape index (κ3) is 2.44. The molecule has 102 valence electrons. The van der Waals surface area contributed by atoms with Crippen LogP contribution in [0, 0.1) is 5.82 Å². The van der Waals surface area contributed by atoms with Gasteiger partial charge in [0, 0.05) is 11.3 Å². The molecule has 0 radical (unpaired) electrons. The summed E-state index contributed by atoms with van der Waals surface area (Å²) in [5.74, 6) is -1.43. The predicted octanol–water partition coefficient (Wildman–Crippen LogP) is 0.730. The number of amides is 2. The van der Waals surface area contributed by atoms with Gasteiger partial charge in [0.15, 0.2) is 0 Å². The molecule has 2 atom stereocenters. The first-order chi connectivity index (χ1) is 8.91. The highest BCUT2D eigenvalue weighted by atomic mass is 19.1. The molecule has 1 aromatic rings. The monoisotopic (exact) mass is 266 g/mol. The molecular weight excluding hydrogens is 251 g/mol. The highest BCUT2D eigenvalue weighted by molar-refractivity contribution is 6.04. The maximum Gasteiger partial charge on any atom is 0.249 e. The number of carbonyl (C=O) groups excluding carboxylic acids is 2. The molecule has 1 saturated heterocycles. The van der Waals surface area contributed by atoms with Gasteiger partial charge < -0.3 is 10.0 Å². The number of piperazine rings is 1. The molecular formula is C13H15FN2O3. The Morgan fingerprint density at radius 2 is 2.16 bits per heavy atom. The summed E-state index contributed by atoms with van der Waals surface area (Å²) in [6.07, 6.45) is -1.02. The van der Waals surface area contributed by atoms with E-state index >= 15 is 0 Å². The molecule has 0 saturated carbocycles. The number of nitrogens with one attached hydrogen (secondary N) is 1. The lowest BCUT2D eigenvalue weighted by atomic mass is 10.0. The van der Waals surface area contributed by atoms with Gasteiger partial charge in [0.05, 0.1) is 12.6 Å². The minimum Gasteiger partial charge on any atom is -0.389 e. The molecule has 1 aromatic carbocycles. The fourth-order valence-corrected chi connectivity index (χ4v) is 2.20. The van der Waals surface area contributed by atoms with Crippen LogP contribution in [0.15, 0.2) is 18.2 Å². The van der Waals surface area contributed by atoms with Crippen molar-refractivity contribution in [2.75, 3.05) is 11.4 Å². The van der Waals surface area contributed by atoms with E-state index in [9.17, 15) is 19.1 Å². The molecule has 1 unspecified atom stereocenters. The van der Waals surface area contributed by atoms with Crippen molar-refractivity contribution in [3.63, 3.8) is 0 Å². The second-order valence-electron chi connectivity index (χ2n) is 4.56. The zero-order valence-corrected chi connectivity index (χ0v) is 10.7. The molecule has 2 rings (SSSR count). The molecule has 0 bridgehead atoms. The molecule has 1 aliphatic heterocycles. The van der Waals surface area contributed by atoms with Crippen LogP contribution in [0.25, 0.3) is 0 Å². The van der Waals surface area contributed by atoms with Crippen molar-refractivity contribution in [1.82, 2.24) is 5.32 Å². The van der Waals surface area contributed by atoms with Gasteiger partial charge in [-0.2, -0.15) is 0 Å². The van der Waals surface area contributed by atoms with Crippen LogP contribution in [0.4, 0.5) is 10.1 Å². The lowest BCUT2D eigenvalue weighted by molar-refractivity contribution is -0.132. The number of aliphatic hydroxyl groups excluding tert-OH is 1. The third-order valence-corrected chi connectivity index (χ3v) is 3.18. The summed E-state index contributed by atoms with van der Waals surface area (Å²) in [6, 6.07) is 3.72. The van der Waals surface area contributed by atoms with Gasteiger partial charge in [-0.15, -0.1) is 0 Å². The number of imide groups is 1. The topological polar surface area (TPSA) is 69.6 Å². The average molecular weight is 266 g/mol. The molecule has 1 heterocycles. The van der Waals surface area contributed by atoms with Crippen molar-refractivity contribution in [3.8, 4) is 0 Å². The van der Waals surface area contributed by atoms with Crippen molar-refractivity contribution in [2.24, 2.45) is 0 Å². The van der Waals surface area contributed by atoms with Crippen LogP contribution in [0.3, 0.4) is 0 Å². The quantitative estimate of drug-likeness (QED) is 0.774. The number of benzene rings is 1. The Kier molecular flexibility index (Phi) is 3.53. The van der Waals surface area contributed by atoms with Gasteiger partial charge in [0.25, 0.3) is 0 Å². The largest absolute Gasteiger partial charge is 0.389 e. The van der Waals surface area contributed by atoms with Crippen molar-refractivity contribution >= 4 is 17.5 Å². The van der Waals surface area contributed by atoms with E-state index in [0.29, 0.717) is 5.69 Å². The first-order valence-electron chi connectivity index (χ1n) is 5.98. The lowest BCUT2D eigenvalue weighted by Crippen LogP contribution is -2.57. The van der Waals surface area contributed by atoms with Crippen molar-refractivity contribution in [2.45, 2.75) is 26.0 Å². The minimum absolute atomic E-state index is 0.0456. The van der Waals surface area contributed by atoms with E-state index in [2.05, 4.69) is 5.32 Å². The number of nitrogens with zero attached hydrogens (tertiary/aromatic N) is 1. The number of hydrogen-bond acceptors (Lipinski definition) is 4. The van der Waals surface area contributed by atoms with E-state index in [4.69, 9.17) is 0 Å². The number of hydrogen-bond donors (Lipinski definition) is 2. The Labute approximate surface area is 110 Å². The zero-order valence-electron chi connectivity index (χ0n) is 10.7. The van der Waals surface area contributed by atoms with E-state index in [-0.39, 0.29) is 12.1 Å². The van der Waals surface area contributed by atoms with Gasteiger partial charge in [0.2, 0.25) is 11.8 Å². The normalized spacial score (nSPS) is 21.3. The summed E-state index contributed by atoms with van der Waals surface area (Å²) in [4.78, 5) is 24.6. The van der Waals surface area contributed by atoms with E-state index in [1.165, 1.54) is 24.0 Å². The van der Waals surface area contributed by atoms with Crippen LogP contribution in [-0.2, 0) is 9.59 Å². The summed E-state index contributed by atoms with van der Waals surface area (Å²) in [7, 11) is 0. The summed E-state index contributed by atoms with van der Waals surface area (Å²) in [5.41, 5.74) is 0.461. The molecule has 2 amide bonds. The molecule has 6 heteroatoms. The maximum absolute atomic E-state index is 13.8. The van der Waals surface area contributed by atoms with Crippen molar-refractivity contribution < 1.29 is 19.1 Å². The Morgan fingerprint density at radius 1 is 1.47 bits per heavy atom. The zero-order chi connectivity index (χ0) is 14.2. The third-order valence-electron chi connectivity index (χ3n) is 3.18. The Bertz CT molecular complexity index is 531. The summed E-state index contributed by atoms with van der Waals surface area (Å²) in [6.45, 7) is 3.02. The average Bonchev–Trinajstić information content (AvgIpc) is 2.33. The first kappa shape index (κ1) is 13.5. The Hall–Kier alpha value is -1.95. The second-order valence-corrected chi connectivity index (χ2v) is 4.56. The van der Waals surface area contributed by atoms with Gasteiger partial charge in [-0.25, -0.2) is 4.39 Å². The number of halogens is 1. The summed E-state index contributed by atoms with van der Waals surface area (Å²) >= 11 is 0. The SMILES string of the molecule is CC1C(=O)NC(=O)CN1c1cccc(F)c1[C@@H](C)O. The number of aliphatic hydroxyl groups is 1. The molecule has 0 aliphatic carbocycles. The Morgan fingerprint density at radius 3 is 2.79 bits per heavy atom. The van der Waals surface area contributed by atoms with Crippen LogP contribution in [0.5, 0.6) is 0 Å². The molecule has 2 N–H and O–H groups in total.